The Kier molecular flexibility index (Phi) is 2.73. The Hall–Kier alpha value is -1.36. The van der Waals surface area contributed by atoms with E-state index in [-0.39, 0.29) is 5.82 Å². The summed E-state index contributed by atoms with van der Waals surface area (Å²) in [5, 5.41) is 2.86. The Labute approximate surface area is 94.9 Å². The van der Waals surface area contributed by atoms with Gasteiger partial charge in [-0.1, -0.05) is 15.9 Å². The van der Waals surface area contributed by atoms with Crippen molar-refractivity contribution in [2.24, 2.45) is 0 Å². The summed E-state index contributed by atoms with van der Waals surface area (Å²) in [6.07, 6.45) is 1.68. The lowest BCUT2D eigenvalue weighted by Crippen LogP contribution is -1.95. The number of hydrogen-bond donors (Lipinski definition) is 2. The third-order valence-corrected chi connectivity index (χ3v) is 2.38. The molecule has 0 aliphatic carbocycles. The van der Waals surface area contributed by atoms with Crippen LogP contribution < -0.4 is 5.32 Å². The summed E-state index contributed by atoms with van der Waals surface area (Å²) in [5.41, 5.74) is 1.31. The van der Waals surface area contributed by atoms with Gasteiger partial charge < -0.3 is 10.3 Å². The number of H-pyrrole nitrogens is 1. The third kappa shape index (κ3) is 2.36. The predicted molar refractivity (Wildman–Crippen MR) is 60.7 cm³/mol. The number of halogens is 2. The van der Waals surface area contributed by atoms with Crippen LogP contribution in [0.15, 0.2) is 28.9 Å². The smallest absolute Gasteiger partial charge is 0.204 e. The van der Waals surface area contributed by atoms with E-state index in [1.54, 1.807) is 18.3 Å². The molecule has 0 bridgehead atoms. The third-order valence-electron chi connectivity index (χ3n) is 1.88. The van der Waals surface area contributed by atoms with Crippen LogP contribution in [0.25, 0.3) is 0 Å². The molecule has 78 valence electrons. The molecular weight excluding hydrogens is 261 g/mol. The molecule has 5 heteroatoms. The van der Waals surface area contributed by atoms with Gasteiger partial charge in [0.25, 0.3) is 0 Å². The molecule has 0 atom stereocenters. The molecule has 3 nitrogen and oxygen atoms in total. The highest BCUT2D eigenvalue weighted by molar-refractivity contribution is 9.10. The molecule has 0 saturated carbocycles. The van der Waals surface area contributed by atoms with Crippen molar-refractivity contribution in [2.45, 2.75) is 6.92 Å². The number of nitrogens with one attached hydrogen (secondary N) is 2. The lowest BCUT2D eigenvalue weighted by molar-refractivity contribution is 0.631. The Morgan fingerprint density at radius 3 is 2.93 bits per heavy atom. The quantitative estimate of drug-likeness (QED) is 0.878. The molecule has 0 spiro atoms. The van der Waals surface area contributed by atoms with Gasteiger partial charge in [0.2, 0.25) is 5.95 Å². The standard InChI is InChI=1S/C10H9BrFN3/c1-6-5-13-10(14-6)15-9-4-7(11)2-3-8(9)12/h2-5H,1H3,(H2,13,14,15). The molecule has 1 heterocycles. The van der Waals surface area contributed by atoms with Crippen molar-refractivity contribution in [1.82, 2.24) is 9.97 Å². The minimum Gasteiger partial charge on any atom is -0.328 e. The predicted octanol–water partition coefficient (Wildman–Crippen LogP) is 3.36. The zero-order chi connectivity index (χ0) is 10.8. The number of rotatable bonds is 2. The van der Waals surface area contributed by atoms with E-state index in [2.05, 4.69) is 31.2 Å². The summed E-state index contributed by atoms with van der Waals surface area (Å²) in [6.45, 7) is 1.88. The van der Waals surface area contributed by atoms with E-state index in [9.17, 15) is 4.39 Å². The van der Waals surface area contributed by atoms with Crippen LogP contribution in [0.4, 0.5) is 16.0 Å². The minimum atomic E-state index is -0.313. The highest BCUT2D eigenvalue weighted by atomic mass is 79.9. The van der Waals surface area contributed by atoms with Gasteiger partial charge in [-0.05, 0) is 25.1 Å². The summed E-state index contributed by atoms with van der Waals surface area (Å²) >= 11 is 3.28. The molecular formula is C10H9BrFN3. The zero-order valence-electron chi connectivity index (χ0n) is 8.01. The van der Waals surface area contributed by atoms with Crippen LogP contribution in [-0.2, 0) is 0 Å². The van der Waals surface area contributed by atoms with Crippen molar-refractivity contribution in [3.05, 3.63) is 40.4 Å². The van der Waals surface area contributed by atoms with Crippen LogP contribution in [0.3, 0.4) is 0 Å². The molecule has 1 aromatic carbocycles. The van der Waals surface area contributed by atoms with Crippen LogP contribution >= 0.6 is 15.9 Å². The van der Waals surface area contributed by atoms with Crippen LogP contribution in [0.1, 0.15) is 5.69 Å². The van der Waals surface area contributed by atoms with Gasteiger partial charge in [-0.15, -0.1) is 0 Å². The second-order valence-corrected chi connectivity index (χ2v) is 4.08. The van der Waals surface area contributed by atoms with E-state index < -0.39 is 0 Å². The molecule has 2 rings (SSSR count). The lowest BCUT2D eigenvalue weighted by Gasteiger charge is -2.04. The molecule has 2 N–H and O–H groups in total. The number of benzene rings is 1. The van der Waals surface area contributed by atoms with E-state index in [0.717, 1.165) is 10.2 Å². The number of hydrogen-bond acceptors (Lipinski definition) is 2. The molecule has 0 radical (unpaired) electrons. The first-order valence-electron chi connectivity index (χ1n) is 4.39. The van der Waals surface area contributed by atoms with Gasteiger partial charge in [-0.2, -0.15) is 0 Å². The fraction of sp³-hybridized carbons (Fsp3) is 0.100. The van der Waals surface area contributed by atoms with Crippen molar-refractivity contribution in [1.29, 1.82) is 0 Å². The molecule has 0 unspecified atom stereocenters. The van der Waals surface area contributed by atoms with Gasteiger partial charge in [0.1, 0.15) is 5.82 Å². The van der Waals surface area contributed by atoms with Crippen molar-refractivity contribution >= 4 is 27.6 Å². The van der Waals surface area contributed by atoms with Gasteiger partial charge in [0, 0.05) is 16.4 Å². The molecule has 0 saturated heterocycles. The molecule has 0 amide bonds. The fourth-order valence-electron chi connectivity index (χ4n) is 1.20. The Morgan fingerprint density at radius 2 is 2.27 bits per heavy atom. The van der Waals surface area contributed by atoms with E-state index in [4.69, 9.17) is 0 Å². The molecule has 15 heavy (non-hydrogen) atoms. The van der Waals surface area contributed by atoms with Crippen molar-refractivity contribution in [3.63, 3.8) is 0 Å². The van der Waals surface area contributed by atoms with Crippen LogP contribution in [0, 0.1) is 12.7 Å². The first kappa shape index (κ1) is 10.2. The van der Waals surface area contributed by atoms with Crippen LogP contribution in [0.5, 0.6) is 0 Å². The van der Waals surface area contributed by atoms with Crippen molar-refractivity contribution in [2.75, 3.05) is 5.32 Å². The number of nitrogens with zero attached hydrogens (tertiary/aromatic N) is 1. The second-order valence-electron chi connectivity index (χ2n) is 3.16. The summed E-state index contributed by atoms with van der Waals surface area (Å²) in [6, 6.07) is 4.70. The molecule has 0 aliphatic rings. The van der Waals surface area contributed by atoms with E-state index >= 15 is 0 Å². The van der Waals surface area contributed by atoms with Gasteiger partial charge in [-0.3, -0.25) is 0 Å². The molecule has 2 aromatic rings. The van der Waals surface area contributed by atoms with E-state index in [0.29, 0.717) is 11.6 Å². The van der Waals surface area contributed by atoms with Gasteiger partial charge in [0.15, 0.2) is 0 Å². The number of aromatic amines is 1. The fourth-order valence-corrected chi connectivity index (χ4v) is 1.56. The molecule has 1 aromatic heterocycles. The maximum atomic E-state index is 13.3. The van der Waals surface area contributed by atoms with Crippen LogP contribution in [-0.4, -0.2) is 9.97 Å². The monoisotopic (exact) mass is 269 g/mol. The maximum Gasteiger partial charge on any atom is 0.204 e. The SMILES string of the molecule is Cc1cnc(Nc2cc(Br)ccc2F)[nH]1. The summed E-state index contributed by atoms with van der Waals surface area (Å²) in [5.74, 6) is 0.219. The van der Waals surface area contributed by atoms with Crippen molar-refractivity contribution in [3.8, 4) is 0 Å². The zero-order valence-corrected chi connectivity index (χ0v) is 9.60. The highest BCUT2D eigenvalue weighted by Gasteiger charge is 2.04. The Bertz CT molecular complexity index is 481. The lowest BCUT2D eigenvalue weighted by atomic mass is 10.3. The topological polar surface area (TPSA) is 40.7 Å². The van der Waals surface area contributed by atoms with Crippen molar-refractivity contribution < 1.29 is 4.39 Å². The average molecular weight is 270 g/mol. The summed E-state index contributed by atoms with van der Waals surface area (Å²) in [7, 11) is 0. The normalized spacial score (nSPS) is 10.3. The molecule has 0 fully saturated rings. The second kappa shape index (κ2) is 4.02. The first-order chi connectivity index (χ1) is 7.15. The number of aryl methyl sites for hydroxylation is 1. The largest absolute Gasteiger partial charge is 0.328 e. The number of anilines is 2. The van der Waals surface area contributed by atoms with Gasteiger partial charge in [-0.25, -0.2) is 9.37 Å². The highest BCUT2D eigenvalue weighted by Crippen LogP contribution is 2.22. The summed E-state index contributed by atoms with van der Waals surface area (Å²) < 4.78 is 14.2. The van der Waals surface area contributed by atoms with Gasteiger partial charge >= 0.3 is 0 Å². The Balaban J connectivity index is 2.27. The Morgan fingerprint density at radius 1 is 1.47 bits per heavy atom. The maximum absolute atomic E-state index is 13.3. The van der Waals surface area contributed by atoms with E-state index in [1.807, 2.05) is 6.92 Å². The first-order valence-corrected chi connectivity index (χ1v) is 5.18. The number of imidazole rings is 1. The van der Waals surface area contributed by atoms with E-state index in [1.165, 1.54) is 6.07 Å². The van der Waals surface area contributed by atoms with Gasteiger partial charge in [0.05, 0.1) is 5.69 Å². The summed E-state index contributed by atoms with van der Waals surface area (Å²) in [4.78, 5) is 7.00. The average Bonchev–Trinajstić information content (AvgIpc) is 2.58. The minimum absolute atomic E-state index is 0.313. The van der Waals surface area contributed by atoms with Crippen LogP contribution in [0.2, 0.25) is 0 Å². The number of aromatic nitrogens is 2. The molecule has 0 aliphatic heterocycles.